The maximum absolute atomic E-state index is 12.2. The van der Waals surface area contributed by atoms with Crippen molar-refractivity contribution < 1.29 is 14.3 Å². The monoisotopic (exact) mass is 367 g/mol. The molecule has 0 unspecified atom stereocenters. The number of thiophene rings is 1. The second kappa shape index (κ2) is 8.19. The molecule has 1 aliphatic heterocycles. The predicted octanol–water partition coefficient (Wildman–Crippen LogP) is 2.65. The molecule has 0 radical (unpaired) electrons. The van der Waals surface area contributed by atoms with Gasteiger partial charge >= 0.3 is 6.09 Å². The Bertz CT molecular complexity index is 614. The van der Waals surface area contributed by atoms with Crippen LogP contribution < -0.4 is 5.32 Å². The Morgan fingerprint density at radius 2 is 1.84 bits per heavy atom. The van der Waals surface area contributed by atoms with Gasteiger partial charge in [-0.05, 0) is 40.7 Å². The topological polar surface area (TPSA) is 61.9 Å². The van der Waals surface area contributed by atoms with Crippen LogP contribution in [0.3, 0.4) is 0 Å². The SMILES string of the molecule is Cc1cc(C(=O)NCCN2CCN(C(=O)OC(C)(C)C)CC2)c(C)s1. The summed E-state index contributed by atoms with van der Waals surface area (Å²) in [6, 6.07) is 1.94. The number of hydrogen-bond acceptors (Lipinski definition) is 5. The summed E-state index contributed by atoms with van der Waals surface area (Å²) in [7, 11) is 0. The third-order valence-electron chi connectivity index (χ3n) is 4.02. The molecule has 0 aromatic carbocycles. The largest absolute Gasteiger partial charge is 0.444 e. The second-order valence-corrected chi connectivity index (χ2v) is 8.85. The molecule has 6 nitrogen and oxygen atoms in total. The molecule has 0 aliphatic carbocycles. The summed E-state index contributed by atoms with van der Waals surface area (Å²) in [4.78, 5) is 30.5. The number of carbonyl (C=O) groups excluding carboxylic acids is 2. The van der Waals surface area contributed by atoms with E-state index in [0.29, 0.717) is 19.6 Å². The third kappa shape index (κ3) is 6.01. The van der Waals surface area contributed by atoms with Crippen LogP contribution in [-0.2, 0) is 4.74 Å². The summed E-state index contributed by atoms with van der Waals surface area (Å²) in [5.41, 5.74) is 0.314. The van der Waals surface area contributed by atoms with E-state index in [1.165, 1.54) is 0 Å². The van der Waals surface area contributed by atoms with Crippen molar-refractivity contribution in [1.29, 1.82) is 0 Å². The molecule has 0 saturated carbocycles. The summed E-state index contributed by atoms with van der Waals surface area (Å²) in [5, 5.41) is 2.99. The lowest BCUT2D eigenvalue weighted by Crippen LogP contribution is -2.51. The maximum Gasteiger partial charge on any atom is 0.410 e. The van der Waals surface area contributed by atoms with Crippen LogP contribution >= 0.6 is 11.3 Å². The van der Waals surface area contributed by atoms with E-state index in [9.17, 15) is 9.59 Å². The van der Waals surface area contributed by atoms with Crippen molar-refractivity contribution in [3.8, 4) is 0 Å². The molecule has 1 aliphatic rings. The molecule has 0 atom stereocenters. The van der Waals surface area contributed by atoms with Gasteiger partial charge in [-0.1, -0.05) is 0 Å². The number of carbonyl (C=O) groups is 2. The molecule has 1 N–H and O–H groups in total. The van der Waals surface area contributed by atoms with Crippen molar-refractivity contribution in [3.63, 3.8) is 0 Å². The molecule has 2 rings (SSSR count). The Labute approximate surface area is 154 Å². The van der Waals surface area contributed by atoms with Gasteiger partial charge in [0, 0.05) is 49.0 Å². The average molecular weight is 368 g/mol. The normalized spacial score (nSPS) is 16.0. The molecule has 0 spiro atoms. The summed E-state index contributed by atoms with van der Waals surface area (Å²) in [6.45, 7) is 13.9. The van der Waals surface area contributed by atoms with Gasteiger partial charge in [0.1, 0.15) is 5.60 Å². The van der Waals surface area contributed by atoms with E-state index in [4.69, 9.17) is 4.74 Å². The van der Waals surface area contributed by atoms with E-state index in [1.54, 1.807) is 16.2 Å². The first-order valence-electron chi connectivity index (χ1n) is 8.71. The Morgan fingerprint density at radius 3 is 2.36 bits per heavy atom. The number of rotatable bonds is 4. The Hall–Kier alpha value is -1.60. The number of nitrogens with one attached hydrogen (secondary N) is 1. The highest BCUT2D eigenvalue weighted by Crippen LogP contribution is 2.20. The lowest BCUT2D eigenvalue weighted by Gasteiger charge is -2.35. The summed E-state index contributed by atoms with van der Waals surface area (Å²) >= 11 is 1.65. The standard InChI is InChI=1S/C18H29N3O3S/c1-13-12-15(14(2)25-13)16(22)19-6-7-20-8-10-21(11-9-20)17(23)24-18(3,4)5/h12H,6-11H2,1-5H3,(H,19,22). The Balaban J connectivity index is 1.69. The summed E-state index contributed by atoms with van der Waals surface area (Å²) < 4.78 is 5.40. The predicted molar refractivity (Wildman–Crippen MR) is 100 cm³/mol. The van der Waals surface area contributed by atoms with Crippen LogP contribution in [0, 0.1) is 13.8 Å². The van der Waals surface area contributed by atoms with E-state index >= 15 is 0 Å². The van der Waals surface area contributed by atoms with Crippen molar-refractivity contribution in [2.75, 3.05) is 39.3 Å². The van der Waals surface area contributed by atoms with Gasteiger partial charge in [-0.25, -0.2) is 4.79 Å². The molecule has 0 bridgehead atoms. The number of aryl methyl sites for hydroxylation is 2. The molecule has 2 heterocycles. The number of amides is 2. The van der Waals surface area contributed by atoms with Gasteiger partial charge in [-0.3, -0.25) is 9.69 Å². The van der Waals surface area contributed by atoms with Crippen LogP contribution in [-0.4, -0.2) is 66.7 Å². The molecule has 7 heteroatoms. The molecule has 140 valence electrons. The van der Waals surface area contributed by atoms with Crippen molar-refractivity contribution in [3.05, 3.63) is 21.4 Å². The highest BCUT2D eigenvalue weighted by Gasteiger charge is 2.25. The minimum absolute atomic E-state index is 0.00533. The van der Waals surface area contributed by atoms with Gasteiger partial charge in [0.25, 0.3) is 5.91 Å². The molecule has 2 amide bonds. The van der Waals surface area contributed by atoms with E-state index in [0.717, 1.165) is 35.0 Å². The highest BCUT2D eigenvalue weighted by molar-refractivity contribution is 7.12. The fourth-order valence-corrected chi connectivity index (χ4v) is 3.68. The van der Waals surface area contributed by atoms with Crippen LogP contribution in [0.25, 0.3) is 0 Å². The quantitative estimate of drug-likeness (QED) is 0.889. The highest BCUT2D eigenvalue weighted by atomic mass is 32.1. The van der Waals surface area contributed by atoms with Crippen molar-refractivity contribution in [1.82, 2.24) is 15.1 Å². The van der Waals surface area contributed by atoms with E-state index in [1.807, 2.05) is 40.7 Å². The van der Waals surface area contributed by atoms with Gasteiger partial charge in [0.15, 0.2) is 0 Å². The first-order valence-corrected chi connectivity index (χ1v) is 9.53. The van der Waals surface area contributed by atoms with E-state index < -0.39 is 5.60 Å². The van der Waals surface area contributed by atoms with Gasteiger partial charge in [0.2, 0.25) is 0 Å². The van der Waals surface area contributed by atoms with Gasteiger partial charge in [-0.15, -0.1) is 11.3 Å². The summed E-state index contributed by atoms with van der Waals surface area (Å²) in [6.07, 6.45) is -0.247. The van der Waals surface area contributed by atoms with Crippen molar-refractivity contribution in [2.45, 2.75) is 40.2 Å². The maximum atomic E-state index is 12.2. The van der Waals surface area contributed by atoms with E-state index in [-0.39, 0.29) is 12.0 Å². The Morgan fingerprint density at radius 1 is 1.20 bits per heavy atom. The van der Waals surface area contributed by atoms with Gasteiger partial charge < -0.3 is 15.0 Å². The third-order valence-corrected chi connectivity index (χ3v) is 4.99. The minimum atomic E-state index is -0.462. The molecule has 25 heavy (non-hydrogen) atoms. The fourth-order valence-electron chi connectivity index (χ4n) is 2.76. The smallest absolute Gasteiger partial charge is 0.410 e. The number of ether oxygens (including phenoxy) is 1. The zero-order valence-electron chi connectivity index (χ0n) is 15.8. The van der Waals surface area contributed by atoms with Crippen LogP contribution in [0.15, 0.2) is 6.07 Å². The first-order chi connectivity index (χ1) is 11.7. The number of piperazine rings is 1. The fraction of sp³-hybridized carbons (Fsp3) is 0.667. The lowest BCUT2D eigenvalue weighted by atomic mass is 10.2. The lowest BCUT2D eigenvalue weighted by molar-refractivity contribution is 0.0147. The van der Waals surface area contributed by atoms with Gasteiger partial charge in [-0.2, -0.15) is 0 Å². The molecule has 1 fully saturated rings. The average Bonchev–Trinajstić information content (AvgIpc) is 2.85. The van der Waals surface area contributed by atoms with Crippen LogP contribution in [0.1, 0.15) is 40.9 Å². The molecular weight excluding hydrogens is 338 g/mol. The zero-order valence-corrected chi connectivity index (χ0v) is 16.7. The van der Waals surface area contributed by atoms with Crippen LogP contribution in [0.5, 0.6) is 0 Å². The van der Waals surface area contributed by atoms with E-state index in [2.05, 4.69) is 10.2 Å². The summed E-state index contributed by atoms with van der Waals surface area (Å²) in [5.74, 6) is -0.00533. The molecule has 1 aromatic heterocycles. The second-order valence-electron chi connectivity index (χ2n) is 7.39. The number of nitrogens with zero attached hydrogens (tertiary/aromatic N) is 2. The zero-order chi connectivity index (χ0) is 18.6. The van der Waals surface area contributed by atoms with Gasteiger partial charge in [0.05, 0.1) is 5.56 Å². The molecule has 1 aromatic rings. The van der Waals surface area contributed by atoms with Crippen molar-refractivity contribution in [2.24, 2.45) is 0 Å². The Kier molecular flexibility index (Phi) is 6.46. The number of hydrogen-bond donors (Lipinski definition) is 1. The van der Waals surface area contributed by atoms with Crippen LogP contribution in [0.2, 0.25) is 0 Å². The van der Waals surface area contributed by atoms with Crippen LogP contribution in [0.4, 0.5) is 4.79 Å². The molecular formula is C18H29N3O3S. The molecule has 1 saturated heterocycles. The first kappa shape index (κ1) is 19.7. The van der Waals surface area contributed by atoms with Crippen molar-refractivity contribution >= 4 is 23.3 Å². The minimum Gasteiger partial charge on any atom is -0.444 e.